The van der Waals surface area contributed by atoms with Crippen molar-refractivity contribution in [2.24, 2.45) is 0 Å². The first kappa shape index (κ1) is 13.6. The minimum Gasteiger partial charge on any atom is -0.419 e. The first-order valence-electron chi connectivity index (χ1n) is 6.59. The molecule has 0 saturated carbocycles. The summed E-state index contributed by atoms with van der Waals surface area (Å²) in [7, 11) is 0. The lowest BCUT2D eigenvalue weighted by molar-refractivity contribution is 0.515. The van der Waals surface area contributed by atoms with Gasteiger partial charge in [0.2, 0.25) is 11.8 Å². The van der Waals surface area contributed by atoms with Crippen molar-refractivity contribution in [2.45, 2.75) is 13.5 Å². The summed E-state index contributed by atoms with van der Waals surface area (Å²) < 4.78 is 5.64. The van der Waals surface area contributed by atoms with E-state index in [1.54, 1.807) is 0 Å². The van der Waals surface area contributed by atoms with Crippen LogP contribution < -0.4 is 5.32 Å². The van der Waals surface area contributed by atoms with Crippen LogP contribution >= 0.6 is 11.6 Å². The summed E-state index contributed by atoms with van der Waals surface area (Å²) in [6.45, 7) is 2.51. The van der Waals surface area contributed by atoms with Crippen LogP contribution in [-0.2, 0) is 6.54 Å². The van der Waals surface area contributed by atoms with E-state index in [1.807, 2.05) is 55.5 Å². The summed E-state index contributed by atoms with van der Waals surface area (Å²) in [5, 5.41) is 12.0. The molecule has 3 aromatic rings. The van der Waals surface area contributed by atoms with Gasteiger partial charge < -0.3 is 9.73 Å². The van der Waals surface area contributed by atoms with Crippen molar-refractivity contribution in [3.8, 4) is 11.5 Å². The molecule has 1 N–H and O–H groups in total. The van der Waals surface area contributed by atoms with Crippen molar-refractivity contribution in [3.63, 3.8) is 0 Å². The molecule has 0 saturated heterocycles. The second-order valence-electron chi connectivity index (χ2n) is 4.73. The highest BCUT2D eigenvalue weighted by molar-refractivity contribution is 6.30. The lowest BCUT2D eigenvalue weighted by Crippen LogP contribution is -1.99. The van der Waals surface area contributed by atoms with E-state index in [0.717, 1.165) is 11.3 Å². The molecule has 0 aliphatic rings. The third-order valence-electron chi connectivity index (χ3n) is 3.05. The van der Waals surface area contributed by atoms with E-state index in [9.17, 15) is 0 Å². The normalized spacial score (nSPS) is 10.6. The van der Waals surface area contributed by atoms with Gasteiger partial charge in [0, 0.05) is 16.3 Å². The van der Waals surface area contributed by atoms with Crippen LogP contribution in [-0.4, -0.2) is 10.2 Å². The zero-order chi connectivity index (χ0) is 14.7. The minimum absolute atomic E-state index is 0.473. The lowest BCUT2D eigenvalue weighted by atomic mass is 10.1. The molecule has 0 unspecified atom stereocenters. The van der Waals surface area contributed by atoms with E-state index in [4.69, 9.17) is 16.0 Å². The Morgan fingerprint density at radius 2 is 1.71 bits per heavy atom. The maximum absolute atomic E-state index is 5.84. The van der Waals surface area contributed by atoms with E-state index in [2.05, 4.69) is 15.5 Å². The number of nitrogens with zero attached hydrogens (tertiary/aromatic N) is 2. The molecule has 0 amide bonds. The van der Waals surface area contributed by atoms with Gasteiger partial charge in [0.15, 0.2) is 0 Å². The predicted molar refractivity (Wildman–Crippen MR) is 83.2 cm³/mol. The quantitative estimate of drug-likeness (QED) is 0.780. The average Bonchev–Trinajstić information content (AvgIpc) is 2.96. The number of rotatable bonds is 4. The van der Waals surface area contributed by atoms with Crippen LogP contribution in [0.5, 0.6) is 0 Å². The summed E-state index contributed by atoms with van der Waals surface area (Å²) in [5.41, 5.74) is 3.07. The molecule has 0 radical (unpaired) electrons. The second kappa shape index (κ2) is 5.97. The molecule has 3 rings (SSSR count). The molecule has 0 fully saturated rings. The molecule has 0 aliphatic heterocycles. The highest BCUT2D eigenvalue weighted by Crippen LogP contribution is 2.19. The summed E-state index contributed by atoms with van der Waals surface area (Å²) in [6, 6.07) is 15.4. The molecular formula is C16H14ClN3O. The smallest absolute Gasteiger partial charge is 0.247 e. The Kier molecular flexibility index (Phi) is 3.88. The summed E-state index contributed by atoms with van der Waals surface area (Å²) in [6.07, 6.45) is 0. The van der Waals surface area contributed by atoms with Gasteiger partial charge in [0.1, 0.15) is 0 Å². The van der Waals surface area contributed by atoms with Crippen LogP contribution in [0.2, 0.25) is 5.02 Å². The monoisotopic (exact) mass is 299 g/mol. The molecular weight excluding hydrogens is 286 g/mol. The highest BCUT2D eigenvalue weighted by Gasteiger charge is 2.08. The van der Waals surface area contributed by atoms with Crippen LogP contribution in [0.3, 0.4) is 0 Å². The molecule has 4 nitrogen and oxygen atoms in total. The number of hydrogen-bond acceptors (Lipinski definition) is 4. The zero-order valence-electron chi connectivity index (χ0n) is 11.5. The van der Waals surface area contributed by atoms with E-state index in [1.165, 1.54) is 5.56 Å². The van der Waals surface area contributed by atoms with Crippen LogP contribution in [0.4, 0.5) is 5.69 Å². The van der Waals surface area contributed by atoms with Crippen LogP contribution in [0, 0.1) is 6.92 Å². The van der Waals surface area contributed by atoms with E-state index in [-0.39, 0.29) is 0 Å². The van der Waals surface area contributed by atoms with Gasteiger partial charge in [-0.05, 0) is 43.3 Å². The molecule has 106 valence electrons. The lowest BCUT2D eigenvalue weighted by Gasteiger charge is -2.02. The van der Waals surface area contributed by atoms with Crippen molar-refractivity contribution in [2.75, 3.05) is 5.32 Å². The molecule has 5 heteroatoms. The molecule has 2 aromatic carbocycles. The van der Waals surface area contributed by atoms with E-state index < -0.39 is 0 Å². The Bertz CT molecular complexity index is 720. The Balaban J connectivity index is 1.67. The first-order valence-corrected chi connectivity index (χ1v) is 6.97. The number of nitrogens with one attached hydrogen (secondary N) is 1. The Morgan fingerprint density at radius 3 is 2.43 bits per heavy atom. The predicted octanol–water partition coefficient (Wildman–Crippen LogP) is 4.31. The van der Waals surface area contributed by atoms with Crippen molar-refractivity contribution in [3.05, 3.63) is 65.0 Å². The summed E-state index contributed by atoms with van der Waals surface area (Å²) in [4.78, 5) is 0. The van der Waals surface area contributed by atoms with Crippen molar-refractivity contribution in [1.29, 1.82) is 0 Å². The van der Waals surface area contributed by atoms with Crippen LogP contribution in [0.15, 0.2) is 52.9 Å². The number of anilines is 1. The van der Waals surface area contributed by atoms with Crippen molar-refractivity contribution >= 4 is 17.3 Å². The molecule has 0 aliphatic carbocycles. The zero-order valence-corrected chi connectivity index (χ0v) is 12.3. The fourth-order valence-corrected chi connectivity index (χ4v) is 2.01. The summed E-state index contributed by atoms with van der Waals surface area (Å²) >= 11 is 5.84. The van der Waals surface area contributed by atoms with Crippen LogP contribution in [0.1, 0.15) is 11.5 Å². The standard InChI is InChI=1S/C16H14ClN3O/c1-11-2-4-12(5-3-11)16-20-19-15(21-16)10-18-14-8-6-13(17)7-9-14/h2-9,18H,10H2,1H3. The Morgan fingerprint density at radius 1 is 1.00 bits per heavy atom. The minimum atomic E-state index is 0.473. The van der Waals surface area contributed by atoms with E-state index in [0.29, 0.717) is 23.3 Å². The molecule has 1 aromatic heterocycles. The Labute approximate surface area is 127 Å². The van der Waals surface area contributed by atoms with Gasteiger partial charge in [0.05, 0.1) is 6.54 Å². The fraction of sp³-hybridized carbons (Fsp3) is 0.125. The number of halogens is 1. The number of aryl methyl sites for hydroxylation is 1. The van der Waals surface area contributed by atoms with Gasteiger partial charge in [-0.3, -0.25) is 0 Å². The maximum atomic E-state index is 5.84. The number of hydrogen-bond donors (Lipinski definition) is 1. The van der Waals surface area contributed by atoms with Crippen LogP contribution in [0.25, 0.3) is 11.5 Å². The largest absolute Gasteiger partial charge is 0.419 e. The molecule has 0 atom stereocenters. The maximum Gasteiger partial charge on any atom is 0.247 e. The average molecular weight is 300 g/mol. The van der Waals surface area contributed by atoms with Gasteiger partial charge in [-0.25, -0.2) is 0 Å². The topological polar surface area (TPSA) is 51.0 Å². The fourth-order valence-electron chi connectivity index (χ4n) is 1.88. The number of aromatic nitrogens is 2. The molecule has 21 heavy (non-hydrogen) atoms. The van der Waals surface area contributed by atoms with Gasteiger partial charge in [-0.1, -0.05) is 29.3 Å². The van der Waals surface area contributed by atoms with Gasteiger partial charge in [-0.15, -0.1) is 10.2 Å². The third kappa shape index (κ3) is 3.41. The van der Waals surface area contributed by atoms with Crippen molar-refractivity contribution in [1.82, 2.24) is 10.2 Å². The number of benzene rings is 2. The van der Waals surface area contributed by atoms with Gasteiger partial charge in [0.25, 0.3) is 0 Å². The SMILES string of the molecule is Cc1ccc(-c2nnc(CNc3ccc(Cl)cc3)o2)cc1. The summed E-state index contributed by atoms with van der Waals surface area (Å²) in [5.74, 6) is 1.07. The molecule has 1 heterocycles. The highest BCUT2D eigenvalue weighted by atomic mass is 35.5. The third-order valence-corrected chi connectivity index (χ3v) is 3.31. The van der Waals surface area contributed by atoms with Crippen molar-refractivity contribution < 1.29 is 4.42 Å². The van der Waals surface area contributed by atoms with E-state index >= 15 is 0 Å². The molecule has 0 spiro atoms. The second-order valence-corrected chi connectivity index (χ2v) is 5.16. The Hall–Kier alpha value is -2.33. The van der Waals surface area contributed by atoms with Gasteiger partial charge in [-0.2, -0.15) is 0 Å². The molecule has 0 bridgehead atoms. The first-order chi connectivity index (χ1) is 10.2. The van der Waals surface area contributed by atoms with Gasteiger partial charge >= 0.3 is 0 Å².